The van der Waals surface area contributed by atoms with Crippen LogP contribution in [0.1, 0.15) is 80.1 Å². The van der Waals surface area contributed by atoms with E-state index < -0.39 is 0 Å². The summed E-state index contributed by atoms with van der Waals surface area (Å²) in [5, 5.41) is 0. The average Bonchev–Trinajstić information content (AvgIpc) is 2.61. The van der Waals surface area contributed by atoms with E-state index >= 15 is 0 Å². The van der Waals surface area contributed by atoms with Crippen LogP contribution in [-0.4, -0.2) is 12.6 Å². The van der Waals surface area contributed by atoms with E-state index in [0.717, 1.165) is 35.3 Å². The Balaban J connectivity index is 4.23. The third-order valence-electron chi connectivity index (χ3n) is 5.68. The second-order valence-electron chi connectivity index (χ2n) is 8.07. The van der Waals surface area contributed by atoms with Gasteiger partial charge in [0, 0.05) is 0 Å². The van der Waals surface area contributed by atoms with Crippen LogP contribution in [0.4, 0.5) is 0 Å². The van der Waals surface area contributed by atoms with E-state index in [4.69, 9.17) is 4.74 Å². The van der Waals surface area contributed by atoms with Crippen molar-refractivity contribution in [2.45, 2.75) is 80.1 Å². The van der Waals surface area contributed by atoms with E-state index in [1.54, 1.807) is 0 Å². The highest BCUT2D eigenvalue weighted by molar-refractivity contribution is 5.73. The van der Waals surface area contributed by atoms with E-state index in [-0.39, 0.29) is 12.4 Å². The minimum absolute atomic E-state index is 0.221. The predicted octanol–water partition coefficient (Wildman–Crippen LogP) is 7.12. The van der Waals surface area contributed by atoms with Crippen molar-refractivity contribution in [2.75, 3.05) is 6.61 Å². The average molecular weight is 363 g/mol. The van der Waals surface area contributed by atoms with Crippen LogP contribution in [0.5, 0.6) is 0 Å². The minimum Gasteiger partial charge on any atom is -0.466 e. The van der Waals surface area contributed by atoms with Gasteiger partial charge in [-0.05, 0) is 49.0 Å². The molecule has 26 heavy (non-hydrogen) atoms. The standard InChI is InChI=1S/C24H42O2/c1-9-18(3)11-13-20(5)22(7)15-16-23(8)21(6)14-12-19(4)17-24(25)26-10-2/h12,14,18,20,22-23H,4,6,9-11,13,15-17H2,1-3,5,7-8H3/b14-12-. The molecular formula is C24H42O2. The van der Waals surface area contributed by atoms with Crippen LogP contribution >= 0.6 is 0 Å². The Labute approximate surface area is 162 Å². The summed E-state index contributed by atoms with van der Waals surface area (Å²) in [6.45, 7) is 22.0. The molecule has 2 heteroatoms. The lowest BCUT2D eigenvalue weighted by atomic mass is 9.83. The maximum Gasteiger partial charge on any atom is 0.310 e. The van der Waals surface area contributed by atoms with Crippen LogP contribution in [-0.2, 0) is 9.53 Å². The molecule has 0 aromatic rings. The van der Waals surface area contributed by atoms with Crippen molar-refractivity contribution in [3.8, 4) is 0 Å². The summed E-state index contributed by atoms with van der Waals surface area (Å²) in [6.07, 6.45) is 10.5. The van der Waals surface area contributed by atoms with Gasteiger partial charge in [-0.15, -0.1) is 0 Å². The fraction of sp³-hybridized carbons (Fsp3) is 0.708. The number of hydrogen-bond donors (Lipinski definition) is 0. The fourth-order valence-electron chi connectivity index (χ4n) is 2.86. The van der Waals surface area contributed by atoms with E-state index in [1.165, 1.54) is 25.7 Å². The van der Waals surface area contributed by atoms with Crippen LogP contribution in [0.2, 0.25) is 0 Å². The van der Waals surface area contributed by atoms with Crippen molar-refractivity contribution in [3.63, 3.8) is 0 Å². The van der Waals surface area contributed by atoms with E-state index in [0.29, 0.717) is 12.5 Å². The van der Waals surface area contributed by atoms with Crippen molar-refractivity contribution in [1.82, 2.24) is 0 Å². The second kappa shape index (κ2) is 13.8. The zero-order valence-electron chi connectivity index (χ0n) is 18.1. The van der Waals surface area contributed by atoms with Crippen molar-refractivity contribution < 1.29 is 9.53 Å². The molecule has 4 atom stereocenters. The van der Waals surface area contributed by atoms with Gasteiger partial charge in [0.05, 0.1) is 13.0 Å². The van der Waals surface area contributed by atoms with Crippen molar-refractivity contribution in [1.29, 1.82) is 0 Å². The molecular weight excluding hydrogens is 320 g/mol. The first-order valence-electron chi connectivity index (χ1n) is 10.4. The molecule has 0 bridgehead atoms. The highest BCUT2D eigenvalue weighted by atomic mass is 16.5. The molecule has 0 saturated heterocycles. The molecule has 0 N–H and O–H groups in total. The molecule has 0 aliphatic rings. The molecule has 0 aromatic heterocycles. The summed E-state index contributed by atoms with van der Waals surface area (Å²) < 4.78 is 4.94. The Morgan fingerprint density at radius 3 is 2.04 bits per heavy atom. The zero-order chi connectivity index (χ0) is 20.1. The summed E-state index contributed by atoms with van der Waals surface area (Å²) >= 11 is 0. The normalized spacial score (nSPS) is 16.1. The molecule has 0 heterocycles. The van der Waals surface area contributed by atoms with Gasteiger partial charge in [-0.2, -0.15) is 0 Å². The summed E-state index contributed by atoms with van der Waals surface area (Å²) in [5.41, 5.74) is 1.87. The lowest BCUT2D eigenvalue weighted by molar-refractivity contribution is -0.142. The first-order chi connectivity index (χ1) is 12.2. The van der Waals surface area contributed by atoms with Crippen molar-refractivity contribution in [2.24, 2.45) is 23.7 Å². The Morgan fingerprint density at radius 2 is 1.50 bits per heavy atom. The maximum atomic E-state index is 11.4. The van der Waals surface area contributed by atoms with Crippen LogP contribution in [0.15, 0.2) is 36.5 Å². The number of carbonyl (C=O) groups is 1. The number of carbonyl (C=O) groups excluding carboxylic acids is 1. The highest BCUT2D eigenvalue weighted by Crippen LogP contribution is 2.27. The first-order valence-corrected chi connectivity index (χ1v) is 10.4. The van der Waals surface area contributed by atoms with Gasteiger partial charge in [-0.25, -0.2) is 0 Å². The van der Waals surface area contributed by atoms with Crippen LogP contribution in [0.25, 0.3) is 0 Å². The molecule has 2 nitrogen and oxygen atoms in total. The number of hydrogen-bond acceptors (Lipinski definition) is 2. The molecule has 0 aromatic carbocycles. The molecule has 0 saturated carbocycles. The molecule has 0 rings (SSSR count). The fourth-order valence-corrected chi connectivity index (χ4v) is 2.86. The summed E-state index contributed by atoms with van der Waals surface area (Å²) in [4.78, 5) is 11.4. The molecule has 0 amide bonds. The molecule has 4 unspecified atom stereocenters. The summed E-state index contributed by atoms with van der Waals surface area (Å²) in [7, 11) is 0. The number of esters is 1. The highest BCUT2D eigenvalue weighted by Gasteiger charge is 2.15. The minimum atomic E-state index is -0.221. The number of ether oxygens (including phenoxy) is 1. The summed E-state index contributed by atoms with van der Waals surface area (Å²) in [5.74, 6) is 2.60. The van der Waals surface area contributed by atoms with E-state index in [1.807, 2.05) is 19.1 Å². The molecule has 0 aliphatic carbocycles. The van der Waals surface area contributed by atoms with Crippen molar-refractivity contribution >= 4 is 5.97 Å². The van der Waals surface area contributed by atoms with Gasteiger partial charge in [0.1, 0.15) is 0 Å². The maximum absolute atomic E-state index is 11.4. The third-order valence-corrected chi connectivity index (χ3v) is 5.68. The van der Waals surface area contributed by atoms with E-state index in [2.05, 4.69) is 47.8 Å². The number of allylic oxidation sites excluding steroid dienone is 3. The zero-order valence-corrected chi connectivity index (χ0v) is 18.1. The van der Waals surface area contributed by atoms with Gasteiger partial charge < -0.3 is 4.74 Å². The smallest absolute Gasteiger partial charge is 0.310 e. The number of rotatable bonds is 14. The largest absolute Gasteiger partial charge is 0.466 e. The lowest BCUT2D eigenvalue weighted by Gasteiger charge is -2.23. The van der Waals surface area contributed by atoms with E-state index in [9.17, 15) is 4.79 Å². The molecule has 0 spiro atoms. The van der Waals surface area contributed by atoms with Gasteiger partial charge in [-0.1, -0.05) is 84.8 Å². The van der Waals surface area contributed by atoms with Gasteiger partial charge in [0.15, 0.2) is 0 Å². The first kappa shape index (κ1) is 24.7. The Hall–Kier alpha value is -1.31. The Bertz CT molecular complexity index is 461. The van der Waals surface area contributed by atoms with Crippen molar-refractivity contribution in [3.05, 3.63) is 36.5 Å². The van der Waals surface area contributed by atoms with Crippen LogP contribution in [0, 0.1) is 23.7 Å². The van der Waals surface area contributed by atoms with Gasteiger partial charge in [0.25, 0.3) is 0 Å². The monoisotopic (exact) mass is 362 g/mol. The van der Waals surface area contributed by atoms with Gasteiger partial charge in [0.2, 0.25) is 0 Å². The predicted molar refractivity (Wildman–Crippen MR) is 114 cm³/mol. The van der Waals surface area contributed by atoms with Crippen LogP contribution in [0.3, 0.4) is 0 Å². The van der Waals surface area contributed by atoms with Crippen LogP contribution < -0.4 is 0 Å². The Kier molecular flexibility index (Phi) is 13.1. The topological polar surface area (TPSA) is 26.3 Å². The molecule has 0 aliphatic heterocycles. The SMILES string of the molecule is C=C(/C=C\C(=C)C(C)CCC(C)C(C)CCC(C)CC)CC(=O)OCC. The molecule has 0 radical (unpaired) electrons. The molecule has 150 valence electrons. The molecule has 0 fully saturated rings. The second-order valence-corrected chi connectivity index (χ2v) is 8.07. The quantitative estimate of drug-likeness (QED) is 0.243. The van der Waals surface area contributed by atoms with Gasteiger partial charge >= 0.3 is 5.97 Å². The summed E-state index contributed by atoms with van der Waals surface area (Å²) in [6, 6.07) is 0. The lowest BCUT2D eigenvalue weighted by Crippen LogP contribution is -2.11. The third kappa shape index (κ3) is 11.3. The van der Waals surface area contributed by atoms with Gasteiger partial charge in [-0.3, -0.25) is 4.79 Å². The Morgan fingerprint density at radius 1 is 0.923 bits per heavy atom.